The zero-order valence-electron chi connectivity index (χ0n) is 7.24. The number of rotatable bonds is 0. The Balaban J connectivity index is 0.000000336. The fourth-order valence-electron chi connectivity index (χ4n) is 0.875. The summed E-state index contributed by atoms with van der Waals surface area (Å²) in [6.07, 6.45) is 0. The molecule has 0 radical (unpaired) electrons. The predicted molar refractivity (Wildman–Crippen MR) is 55.4 cm³/mol. The molecule has 64 valence electrons. The molecule has 0 fully saturated rings. The number of nitrogens with zero attached hydrogens (tertiary/aromatic N) is 1. The van der Waals surface area contributed by atoms with Crippen molar-refractivity contribution in [3.8, 4) is 0 Å². The van der Waals surface area contributed by atoms with Gasteiger partial charge in [-0.15, -0.1) is 11.3 Å². The van der Waals surface area contributed by atoms with Crippen LogP contribution < -0.4 is 5.73 Å². The number of anilines is 1. The molecule has 2 nitrogen and oxygen atoms in total. The van der Waals surface area contributed by atoms with Crippen LogP contribution in [0.5, 0.6) is 0 Å². The third-order valence-corrected chi connectivity index (χ3v) is 2.16. The van der Waals surface area contributed by atoms with Crippen molar-refractivity contribution in [3.63, 3.8) is 0 Å². The third-order valence-electron chi connectivity index (χ3n) is 1.35. The van der Waals surface area contributed by atoms with E-state index in [1.165, 1.54) is 4.70 Å². The van der Waals surface area contributed by atoms with Gasteiger partial charge in [-0.2, -0.15) is 0 Å². The van der Waals surface area contributed by atoms with E-state index in [9.17, 15) is 0 Å². The fourth-order valence-corrected chi connectivity index (χ4v) is 1.53. The highest BCUT2D eigenvalue weighted by molar-refractivity contribution is 7.16. The Morgan fingerprint density at radius 2 is 2.08 bits per heavy atom. The van der Waals surface area contributed by atoms with Crippen molar-refractivity contribution in [3.05, 3.63) is 23.7 Å². The minimum atomic E-state index is 0.776. The van der Waals surface area contributed by atoms with E-state index in [0.717, 1.165) is 11.2 Å². The Labute approximate surface area is 76.0 Å². The van der Waals surface area contributed by atoms with Crippen LogP contribution in [-0.2, 0) is 0 Å². The van der Waals surface area contributed by atoms with Crippen molar-refractivity contribution in [2.75, 3.05) is 5.73 Å². The van der Waals surface area contributed by atoms with E-state index in [1.54, 1.807) is 11.3 Å². The summed E-state index contributed by atoms with van der Waals surface area (Å²) in [5.74, 6) is 0. The topological polar surface area (TPSA) is 38.9 Å². The summed E-state index contributed by atoms with van der Waals surface area (Å²) in [6.45, 7) is 4.00. The molecule has 0 atom stereocenters. The summed E-state index contributed by atoms with van der Waals surface area (Å²) in [4.78, 5) is 4.12. The van der Waals surface area contributed by atoms with Crippen LogP contribution >= 0.6 is 11.3 Å². The second-order valence-electron chi connectivity index (χ2n) is 2.08. The van der Waals surface area contributed by atoms with Crippen molar-refractivity contribution in [1.82, 2.24) is 4.98 Å². The summed E-state index contributed by atoms with van der Waals surface area (Å²) < 4.78 is 1.19. The van der Waals surface area contributed by atoms with Crippen LogP contribution in [-0.4, -0.2) is 4.98 Å². The van der Waals surface area contributed by atoms with E-state index < -0.39 is 0 Å². The second kappa shape index (κ2) is 4.07. The SMILES string of the molecule is CC.Nc1ccc2scnc2c1. The molecule has 1 aromatic heterocycles. The highest BCUT2D eigenvalue weighted by atomic mass is 32.1. The highest BCUT2D eigenvalue weighted by Gasteiger charge is 1.93. The van der Waals surface area contributed by atoms with E-state index >= 15 is 0 Å². The molecule has 2 aromatic rings. The lowest BCUT2D eigenvalue weighted by Gasteiger charge is -1.89. The molecule has 1 aromatic carbocycles. The smallest absolute Gasteiger partial charge is 0.0832 e. The van der Waals surface area contributed by atoms with E-state index in [-0.39, 0.29) is 0 Å². The maximum absolute atomic E-state index is 5.55. The van der Waals surface area contributed by atoms with Crippen molar-refractivity contribution in [2.45, 2.75) is 13.8 Å². The van der Waals surface area contributed by atoms with E-state index in [1.807, 2.05) is 37.6 Å². The summed E-state index contributed by atoms with van der Waals surface area (Å²) >= 11 is 1.63. The Bertz CT molecular complexity index is 354. The summed E-state index contributed by atoms with van der Waals surface area (Å²) in [7, 11) is 0. The zero-order valence-corrected chi connectivity index (χ0v) is 8.06. The van der Waals surface area contributed by atoms with Crippen molar-refractivity contribution in [1.29, 1.82) is 0 Å². The molecule has 0 spiro atoms. The number of hydrogen-bond donors (Lipinski definition) is 1. The molecular formula is C9H12N2S. The Morgan fingerprint density at radius 1 is 1.33 bits per heavy atom. The molecule has 0 aliphatic rings. The Morgan fingerprint density at radius 3 is 2.83 bits per heavy atom. The molecule has 0 aliphatic carbocycles. The average Bonchev–Trinajstić information content (AvgIpc) is 2.54. The quantitative estimate of drug-likeness (QED) is 0.633. The first-order valence-corrected chi connectivity index (χ1v) is 4.83. The minimum Gasteiger partial charge on any atom is -0.399 e. The molecule has 1 heterocycles. The molecule has 12 heavy (non-hydrogen) atoms. The molecule has 0 unspecified atom stereocenters. The van der Waals surface area contributed by atoms with Gasteiger partial charge in [-0.1, -0.05) is 13.8 Å². The van der Waals surface area contributed by atoms with E-state index in [4.69, 9.17) is 5.73 Å². The largest absolute Gasteiger partial charge is 0.399 e. The first kappa shape index (κ1) is 9.00. The third kappa shape index (κ3) is 1.74. The molecule has 0 aliphatic heterocycles. The molecule has 0 saturated carbocycles. The van der Waals surface area contributed by atoms with Gasteiger partial charge in [0.15, 0.2) is 0 Å². The number of aromatic nitrogens is 1. The van der Waals surface area contributed by atoms with Gasteiger partial charge < -0.3 is 5.73 Å². The molecule has 2 rings (SSSR count). The number of nitrogen functional groups attached to an aromatic ring is 1. The van der Waals surface area contributed by atoms with Gasteiger partial charge in [-0.3, -0.25) is 0 Å². The van der Waals surface area contributed by atoms with Crippen LogP contribution in [0.4, 0.5) is 5.69 Å². The van der Waals surface area contributed by atoms with Crippen molar-refractivity contribution in [2.24, 2.45) is 0 Å². The Kier molecular flexibility index (Phi) is 3.05. The summed E-state index contributed by atoms with van der Waals surface area (Å²) in [5, 5.41) is 0. The minimum absolute atomic E-state index is 0.776. The first-order valence-electron chi connectivity index (χ1n) is 3.95. The summed E-state index contributed by atoms with van der Waals surface area (Å²) in [5.41, 5.74) is 9.14. The van der Waals surface area contributed by atoms with Crippen LogP contribution in [0.25, 0.3) is 10.2 Å². The first-order chi connectivity index (χ1) is 5.86. The number of fused-ring (bicyclic) bond motifs is 1. The monoisotopic (exact) mass is 180 g/mol. The van der Waals surface area contributed by atoms with Gasteiger partial charge in [0, 0.05) is 5.69 Å². The van der Waals surface area contributed by atoms with Crippen LogP contribution in [0.1, 0.15) is 13.8 Å². The maximum atomic E-state index is 5.55. The van der Waals surface area contributed by atoms with Crippen LogP contribution in [0, 0.1) is 0 Å². The average molecular weight is 180 g/mol. The molecule has 3 heteroatoms. The maximum Gasteiger partial charge on any atom is 0.0832 e. The van der Waals surface area contributed by atoms with Crippen LogP contribution in [0.3, 0.4) is 0 Å². The molecular weight excluding hydrogens is 168 g/mol. The second-order valence-corrected chi connectivity index (χ2v) is 2.97. The van der Waals surface area contributed by atoms with Gasteiger partial charge in [-0.05, 0) is 18.2 Å². The number of nitrogens with two attached hydrogens (primary N) is 1. The molecule has 2 N–H and O–H groups in total. The van der Waals surface area contributed by atoms with Crippen LogP contribution in [0.2, 0.25) is 0 Å². The van der Waals surface area contributed by atoms with E-state index in [0.29, 0.717) is 0 Å². The van der Waals surface area contributed by atoms with Gasteiger partial charge in [-0.25, -0.2) is 4.98 Å². The van der Waals surface area contributed by atoms with Gasteiger partial charge >= 0.3 is 0 Å². The number of hydrogen-bond acceptors (Lipinski definition) is 3. The van der Waals surface area contributed by atoms with Crippen molar-refractivity contribution < 1.29 is 0 Å². The van der Waals surface area contributed by atoms with Crippen LogP contribution in [0.15, 0.2) is 23.7 Å². The number of thiazole rings is 1. The van der Waals surface area contributed by atoms with E-state index in [2.05, 4.69) is 4.98 Å². The predicted octanol–water partition coefficient (Wildman–Crippen LogP) is 2.90. The lowest BCUT2D eigenvalue weighted by atomic mass is 10.3. The summed E-state index contributed by atoms with van der Waals surface area (Å²) in [6, 6.07) is 5.76. The Hall–Kier alpha value is -1.09. The highest BCUT2D eigenvalue weighted by Crippen LogP contribution is 2.19. The normalized spacial score (nSPS) is 9.17. The van der Waals surface area contributed by atoms with Gasteiger partial charge in [0.2, 0.25) is 0 Å². The lowest BCUT2D eigenvalue weighted by Crippen LogP contribution is -1.81. The van der Waals surface area contributed by atoms with Gasteiger partial charge in [0.05, 0.1) is 15.7 Å². The lowest BCUT2D eigenvalue weighted by molar-refractivity contribution is 1.50. The van der Waals surface area contributed by atoms with Gasteiger partial charge in [0.25, 0.3) is 0 Å². The number of benzene rings is 1. The molecule has 0 amide bonds. The molecule has 0 bridgehead atoms. The van der Waals surface area contributed by atoms with Crippen molar-refractivity contribution >= 4 is 27.2 Å². The standard InChI is InChI=1S/C7H6N2S.C2H6/c8-5-1-2-7-6(3-5)9-4-10-7;1-2/h1-4H,8H2;1-2H3. The molecule has 0 saturated heterocycles. The van der Waals surface area contributed by atoms with Gasteiger partial charge in [0.1, 0.15) is 0 Å². The zero-order chi connectivity index (χ0) is 8.97. The fraction of sp³-hybridized carbons (Fsp3) is 0.222.